The van der Waals surface area contributed by atoms with Gasteiger partial charge in [-0.3, -0.25) is 4.79 Å². The van der Waals surface area contributed by atoms with E-state index in [0.29, 0.717) is 5.69 Å². The number of hydrogen-bond acceptors (Lipinski definition) is 3. The van der Waals surface area contributed by atoms with Crippen LogP contribution in [0.2, 0.25) is 0 Å². The van der Waals surface area contributed by atoms with Gasteiger partial charge in [0, 0.05) is 25.5 Å². The van der Waals surface area contributed by atoms with Crippen molar-refractivity contribution < 1.29 is 4.79 Å². The van der Waals surface area contributed by atoms with Crippen LogP contribution in [0.5, 0.6) is 0 Å². The maximum atomic E-state index is 12.0. The number of aromatic nitrogens is 2. The zero-order valence-electron chi connectivity index (χ0n) is 11.2. The van der Waals surface area contributed by atoms with Crippen LogP contribution in [0.15, 0.2) is 30.7 Å². The fourth-order valence-corrected chi connectivity index (χ4v) is 2.28. The molecule has 1 aromatic heterocycles. The lowest BCUT2D eigenvalue weighted by atomic mass is 10.0. The predicted octanol–water partition coefficient (Wildman–Crippen LogP) is 1.74. The molecule has 0 radical (unpaired) electrons. The number of carbonyl (C=O) groups is 1. The highest BCUT2D eigenvalue weighted by Gasteiger charge is 2.12. The van der Waals surface area contributed by atoms with Crippen LogP contribution in [0.4, 0.5) is 5.69 Å². The van der Waals surface area contributed by atoms with Crippen LogP contribution >= 0.6 is 12.4 Å². The molecular formula is C14H17ClN4O. The van der Waals surface area contributed by atoms with E-state index in [0.717, 1.165) is 25.2 Å². The van der Waals surface area contributed by atoms with E-state index in [1.54, 1.807) is 17.1 Å². The fraction of sp³-hybridized carbons (Fsp3) is 0.286. The van der Waals surface area contributed by atoms with Gasteiger partial charge in [0.1, 0.15) is 5.69 Å². The summed E-state index contributed by atoms with van der Waals surface area (Å²) in [4.78, 5) is 16.0. The lowest BCUT2D eigenvalue weighted by Gasteiger charge is -2.17. The average Bonchev–Trinajstić information content (AvgIpc) is 2.85. The Labute approximate surface area is 123 Å². The SMILES string of the molecule is Cl.Cn1cnc(C(=O)Nc2ccc3c(c2)CNCC3)c1. The van der Waals surface area contributed by atoms with Crippen LogP contribution in [-0.4, -0.2) is 22.0 Å². The minimum absolute atomic E-state index is 0. The molecule has 0 atom stereocenters. The number of nitrogens with one attached hydrogen (secondary N) is 2. The standard InChI is InChI=1S/C14H16N4O.ClH/c1-18-8-13(16-9-18)14(19)17-12-3-2-10-4-5-15-7-11(10)6-12;/h2-3,6,8-9,15H,4-5,7H2,1H3,(H,17,19);1H. The lowest BCUT2D eigenvalue weighted by molar-refractivity contribution is 0.102. The van der Waals surface area contributed by atoms with Gasteiger partial charge in [0.2, 0.25) is 0 Å². The topological polar surface area (TPSA) is 59.0 Å². The molecule has 0 saturated carbocycles. The third-order valence-corrected chi connectivity index (χ3v) is 3.29. The minimum Gasteiger partial charge on any atom is -0.340 e. The van der Waals surface area contributed by atoms with Crippen molar-refractivity contribution in [2.75, 3.05) is 11.9 Å². The summed E-state index contributed by atoms with van der Waals surface area (Å²) in [6.07, 6.45) is 4.37. The molecule has 1 amide bonds. The van der Waals surface area contributed by atoms with Crippen LogP contribution in [0.1, 0.15) is 21.6 Å². The van der Waals surface area contributed by atoms with Crippen molar-refractivity contribution in [3.8, 4) is 0 Å². The summed E-state index contributed by atoms with van der Waals surface area (Å²) in [5.74, 6) is -0.177. The third kappa shape index (κ3) is 3.00. The monoisotopic (exact) mass is 292 g/mol. The Kier molecular flexibility index (Phi) is 4.42. The zero-order valence-corrected chi connectivity index (χ0v) is 12.0. The Hall–Kier alpha value is -1.85. The summed E-state index contributed by atoms with van der Waals surface area (Å²) in [5, 5.41) is 6.21. The predicted molar refractivity (Wildman–Crippen MR) is 80.3 cm³/mol. The van der Waals surface area contributed by atoms with Crippen molar-refractivity contribution in [1.29, 1.82) is 0 Å². The smallest absolute Gasteiger partial charge is 0.275 e. The number of rotatable bonds is 2. The molecule has 6 heteroatoms. The normalized spacial score (nSPS) is 13.2. The Morgan fingerprint density at radius 2 is 2.25 bits per heavy atom. The quantitative estimate of drug-likeness (QED) is 0.886. The van der Waals surface area contributed by atoms with Crippen molar-refractivity contribution in [1.82, 2.24) is 14.9 Å². The van der Waals surface area contributed by atoms with Crippen molar-refractivity contribution >= 4 is 24.0 Å². The van der Waals surface area contributed by atoms with Gasteiger partial charge in [-0.15, -0.1) is 12.4 Å². The molecule has 20 heavy (non-hydrogen) atoms. The van der Waals surface area contributed by atoms with E-state index in [-0.39, 0.29) is 18.3 Å². The maximum absolute atomic E-state index is 12.0. The number of anilines is 1. The molecule has 0 fully saturated rings. The molecule has 0 bridgehead atoms. The van der Waals surface area contributed by atoms with Gasteiger partial charge in [-0.25, -0.2) is 4.98 Å². The fourth-order valence-electron chi connectivity index (χ4n) is 2.28. The molecule has 2 heterocycles. The van der Waals surface area contributed by atoms with Crippen LogP contribution in [0, 0.1) is 0 Å². The Balaban J connectivity index is 0.00000147. The summed E-state index contributed by atoms with van der Waals surface area (Å²) in [6, 6.07) is 6.07. The molecule has 1 aliphatic rings. The number of imidazole rings is 1. The minimum atomic E-state index is -0.177. The second kappa shape index (κ2) is 6.07. The molecule has 2 N–H and O–H groups in total. The number of benzene rings is 1. The van der Waals surface area contributed by atoms with Gasteiger partial charge in [0.05, 0.1) is 6.33 Å². The number of fused-ring (bicyclic) bond motifs is 1. The van der Waals surface area contributed by atoms with Gasteiger partial charge in [-0.2, -0.15) is 0 Å². The number of aryl methyl sites for hydroxylation is 1. The van der Waals surface area contributed by atoms with Gasteiger partial charge < -0.3 is 15.2 Å². The molecular weight excluding hydrogens is 276 g/mol. The van der Waals surface area contributed by atoms with E-state index in [1.165, 1.54) is 11.1 Å². The second-order valence-electron chi connectivity index (χ2n) is 4.79. The molecule has 106 valence electrons. The third-order valence-electron chi connectivity index (χ3n) is 3.29. The zero-order chi connectivity index (χ0) is 13.2. The van der Waals surface area contributed by atoms with Crippen molar-refractivity contribution in [2.45, 2.75) is 13.0 Å². The van der Waals surface area contributed by atoms with E-state index >= 15 is 0 Å². The number of halogens is 1. The molecule has 1 aliphatic heterocycles. The molecule has 2 aromatic rings. The summed E-state index contributed by atoms with van der Waals surface area (Å²) < 4.78 is 1.76. The molecule has 0 aliphatic carbocycles. The van der Waals surface area contributed by atoms with E-state index in [2.05, 4.69) is 21.7 Å². The van der Waals surface area contributed by atoms with Crippen molar-refractivity contribution in [2.24, 2.45) is 7.05 Å². The first-order chi connectivity index (χ1) is 9.22. The summed E-state index contributed by atoms with van der Waals surface area (Å²) in [5.41, 5.74) is 3.86. The largest absolute Gasteiger partial charge is 0.340 e. The molecule has 3 rings (SSSR count). The first-order valence-electron chi connectivity index (χ1n) is 6.34. The van der Waals surface area contributed by atoms with Crippen LogP contribution in [-0.2, 0) is 20.0 Å². The lowest BCUT2D eigenvalue weighted by Crippen LogP contribution is -2.23. The highest BCUT2D eigenvalue weighted by Crippen LogP contribution is 2.19. The van der Waals surface area contributed by atoms with Crippen LogP contribution < -0.4 is 10.6 Å². The second-order valence-corrected chi connectivity index (χ2v) is 4.79. The number of hydrogen-bond donors (Lipinski definition) is 2. The average molecular weight is 293 g/mol. The Bertz CT molecular complexity index is 623. The summed E-state index contributed by atoms with van der Waals surface area (Å²) >= 11 is 0. The van der Waals surface area contributed by atoms with Crippen molar-refractivity contribution in [3.05, 3.63) is 47.5 Å². The molecule has 0 saturated heterocycles. The van der Waals surface area contributed by atoms with Gasteiger partial charge in [-0.1, -0.05) is 6.07 Å². The van der Waals surface area contributed by atoms with Gasteiger partial charge >= 0.3 is 0 Å². The number of nitrogens with zero attached hydrogens (tertiary/aromatic N) is 2. The van der Waals surface area contributed by atoms with E-state index in [9.17, 15) is 4.79 Å². The van der Waals surface area contributed by atoms with Gasteiger partial charge in [0.15, 0.2) is 0 Å². The summed E-state index contributed by atoms with van der Waals surface area (Å²) in [7, 11) is 1.84. The Morgan fingerprint density at radius 1 is 1.40 bits per heavy atom. The highest BCUT2D eigenvalue weighted by molar-refractivity contribution is 6.02. The first-order valence-corrected chi connectivity index (χ1v) is 6.34. The van der Waals surface area contributed by atoms with Gasteiger partial charge in [0.25, 0.3) is 5.91 Å². The van der Waals surface area contributed by atoms with Crippen molar-refractivity contribution in [3.63, 3.8) is 0 Å². The number of carbonyl (C=O) groups excluding carboxylic acids is 1. The maximum Gasteiger partial charge on any atom is 0.275 e. The van der Waals surface area contributed by atoms with E-state index in [1.807, 2.05) is 19.2 Å². The Morgan fingerprint density at radius 3 is 3.00 bits per heavy atom. The van der Waals surface area contributed by atoms with Crippen LogP contribution in [0.25, 0.3) is 0 Å². The van der Waals surface area contributed by atoms with Gasteiger partial charge in [-0.05, 0) is 36.2 Å². The highest BCUT2D eigenvalue weighted by atomic mass is 35.5. The summed E-state index contributed by atoms with van der Waals surface area (Å²) in [6.45, 7) is 1.88. The molecule has 1 aromatic carbocycles. The van der Waals surface area contributed by atoms with Crippen LogP contribution in [0.3, 0.4) is 0 Å². The molecule has 5 nitrogen and oxygen atoms in total. The number of amides is 1. The van der Waals surface area contributed by atoms with E-state index < -0.39 is 0 Å². The molecule has 0 spiro atoms. The van der Waals surface area contributed by atoms with E-state index in [4.69, 9.17) is 0 Å². The first kappa shape index (κ1) is 14.6. The molecule has 0 unspecified atom stereocenters.